The van der Waals surface area contributed by atoms with Crippen LogP contribution in [0.5, 0.6) is 0 Å². The fourth-order valence-electron chi connectivity index (χ4n) is 5.75. The van der Waals surface area contributed by atoms with Gasteiger partial charge in [-0.15, -0.1) is 12.4 Å². The number of aromatic nitrogens is 4. The maximum Gasteiger partial charge on any atom is 0.223 e. The Morgan fingerprint density at radius 1 is 1.27 bits per heavy atom. The molecule has 0 bridgehead atoms. The summed E-state index contributed by atoms with van der Waals surface area (Å²) in [6.07, 6.45) is 4.48. The molecule has 0 saturated carbocycles. The zero-order valence-electron chi connectivity index (χ0n) is 20.8. The molecule has 2 aliphatic rings. The van der Waals surface area contributed by atoms with Crippen molar-refractivity contribution in [3.8, 4) is 0 Å². The van der Waals surface area contributed by atoms with Crippen LogP contribution in [0.25, 0.3) is 11.2 Å². The largest absolute Gasteiger partial charge is 0.395 e. The molecule has 200 valence electrons. The standard InChI is InChI=1S/C25H31Cl2N7O2.ClH/c1-14-23-25(34(31-14)15(2)18-6-5-16(26)10-20(18)27)30-22(11-29-23)32-9-7-21(19(12-32)24(28)36)33-8-3-4-17(33)13-35;/h5-6,10-11,15,17,19,21,35H,3-4,7-9,12-13H2,1-2H3,(H2,28,36);1H/t15?,17-,19+,21-;/m0./s1. The molecule has 4 heterocycles. The van der Waals surface area contributed by atoms with Gasteiger partial charge in [0, 0.05) is 35.2 Å². The number of aliphatic hydroxyl groups excluding tert-OH is 1. The molecule has 37 heavy (non-hydrogen) atoms. The quantitative estimate of drug-likeness (QED) is 0.467. The van der Waals surface area contributed by atoms with Gasteiger partial charge in [0.05, 0.1) is 30.5 Å². The Bertz CT molecular complexity index is 1290. The smallest absolute Gasteiger partial charge is 0.223 e. The third-order valence-electron chi connectivity index (χ3n) is 7.66. The molecule has 3 aromatic rings. The monoisotopic (exact) mass is 567 g/mol. The number of carbonyl (C=O) groups excluding carboxylic acids is 1. The van der Waals surface area contributed by atoms with Crippen LogP contribution in [-0.4, -0.2) is 74.0 Å². The minimum atomic E-state index is -0.359. The van der Waals surface area contributed by atoms with Crippen LogP contribution in [0.1, 0.15) is 43.5 Å². The van der Waals surface area contributed by atoms with Gasteiger partial charge >= 0.3 is 0 Å². The summed E-state index contributed by atoms with van der Waals surface area (Å²) < 4.78 is 1.84. The number of hydrogen-bond acceptors (Lipinski definition) is 7. The van der Waals surface area contributed by atoms with Gasteiger partial charge in [0.15, 0.2) is 5.65 Å². The predicted molar refractivity (Wildman–Crippen MR) is 148 cm³/mol. The van der Waals surface area contributed by atoms with E-state index in [2.05, 4.69) is 14.8 Å². The summed E-state index contributed by atoms with van der Waals surface area (Å²) in [5, 5.41) is 15.7. The molecule has 3 N–H and O–H groups in total. The summed E-state index contributed by atoms with van der Waals surface area (Å²) in [4.78, 5) is 26.5. The number of aryl methyl sites for hydroxylation is 1. The Labute approximate surface area is 232 Å². The van der Waals surface area contributed by atoms with E-state index in [0.717, 1.165) is 49.1 Å². The van der Waals surface area contributed by atoms with E-state index in [1.807, 2.05) is 30.7 Å². The normalized spacial score (nSPS) is 23.3. The van der Waals surface area contributed by atoms with Crippen LogP contribution in [0, 0.1) is 12.8 Å². The van der Waals surface area contributed by atoms with Crippen molar-refractivity contribution in [1.82, 2.24) is 24.6 Å². The number of likely N-dealkylation sites (tertiary alicyclic amines) is 1. The fourth-order valence-corrected chi connectivity index (χ4v) is 6.32. The van der Waals surface area contributed by atoms with Crippen molar-refractivity contribution in [2.45, 2.75) is 51.2 Å². The number of nitrogens with zero attached hydrogens (tertiary/aromatic N) is 6. The molecule has 2 aliphatic heterocycles. The number of amides is 1. The van der Waals surface area contributed by atoms with Crippen LogP contribution in [0.2, 0.25) is 10.0 Å². The SMILES string of the molecule is Cc1nn(C(C)c2ccc(Cl)cc2Cl)c2nc(N3CC[C@H](N4CCC[C@H]4CO)[C@H](C(N)=O)C3)cnc12.Cl. The topological polar surface area (TPSA) is 113 Å². The average molecular weight is 569 g/mol. The van der Waals surface area contributed by atoms with Gasteiger partial charge in [-0.25, -0.2) is 14.6 Å². The summed E-state index contributed by atoms with van der Waals surface area (Å²) in [5.41, 5.74) is 8.91. The maximum absolute atomic E-state index is 12.5. The van der Waals surface area contributed by atoms with Crippen molar-refractivity contribution in [1.29, 1.82) is 0 Å². The molecule has 0 radical (unpaired) electrons. The summed E-state index contributed by atoms with van der Waals surface area (Å²) in [6, 6.07) is 5.36. The van der Waals surface area contributed by atoms with Crippen LogP contribution >= 0.6 is 35.6 Å². The lowest BCUT2D eigenvalue weighted by atomic mass is 9.89. The molecule has 0 aliphatic carbocycles. The number of anilines is 1. The molecule has 5 rings (SSSR count). The zero-order valence-corrected chi connectivity index (χ0v) is 23.2. The molecular formula is C25H32Cl3N7O2. The van der Waals surface area contributed by atoms with E-state index in [0.29, 0.717) is 28.1 Å². The van der Waals surface area contributed by atoms with Gasteiger partial charge < -0.3 is 15.7 Å². The highest BCUT2D eigenvalue weighted by atomic mass is 35.5. The molecule has 2 fully saturated rings. The highest BCUT2D eigenvalue weighted by Gasteiger charge is 2.41. The molecule has 2 saturated heterocycles. The minimum Gasteiger partial charge on any atom is -0.395 e. The number of nitrogens with two attached hydrogens (primary N) is 1. The van der Waals surface area contributed by atoms with Crippen LogP contribution in [0.15, 0.2) is 24.4 Å². The molecule has 12 heteroatoms. The number of aliphatic hydroxyl groups is 1. The molecule has 1 unspecified atom stereocenters. The lowest BCUT2D eigenvalue weighted by Crippen LogP contribution is -2.57. The number of hydrogen-bond donors (Lipinski definition) is 2. The lowest BCUT2D eigenvalue weighted by molar-refractivity contribution is -0.124. The molecule has 0 spiro atoms. The highest BCUT2D eigenvalue weighted by molar-refractivity contribution is 6.35. The van der Waals surface area contributed by atoms with E-state index >= 15 is 0 Å². The summed E-state index contributed by atoms with van der Waals surface area (Å²) >= 11 is 12.6. The van der Waals surface area contributed by atoms with Crippen LogP contribution in [0.4, 0.5) is 5.82 Å². The van der Waals surface area contributed by atoms with Crippen molar-refractivity contribution in [3.05, 3.63) is 45.7 Å². The summed E-state index contributed by atoms with van der Waals surface area (Å²) in [7, 11) is 0. The van der Waals surface area contributed by atoms with Gasteiger partial charge in [-0.2, -0.15) is 5.10 Å². The molecule has 1 aromatic carbocycles. The number of fused-ring (bicyclic) bond motifs is 1. The van der Waals surface area contributed by atoms with Crippen LogP contribution in [-0.2, 0) is 4.79 Å². The van der Waals surface area contributed by atoms with E-state index in [9.17, 15) is 9.90 Å². The van der Waals surface area contributed by atoms with E-state index in [1.165, 1.54) is 0 Å². The first-order valence-electron chi connectivity index (χ1n) is 12.4. The van der Waals surface area contributed by atoms with Crippen molar-refractivity contribution in [2.75, 3.05) is 31.1 Å². The molecule has 1 amide bonds. The third kappa shape index (κ3) is 5.25. The maximum atomic E-state index is 12.5. The van der Waals surface area contributed by atoms with Crippen molar-refractivity contribution in [2.24, 2.45) is 11.7 Å². The highest BCUT2D eigenvalue weighted by Crippen LogP contribution is 2.33. The van der Waals surface area contributed by atoms with Gasteiger partial charge in [-0.1, -0.05) is 29.3 Å². The molecule has 9 nitrogen and oxygen atoms in total. The minimum absolute atomic E-state index is 0. The average Bonchev–Trinajstić information content (AvgIpc) is 3.47. The Morgan fingerprint density at radius 2 is 2.05 bits per heavy atom. The Morgan fingerprint density at radius 3 is 2.76 bits per heavy atom. The van der Waals surface area contributed by atoms with Crippen molar-refractivity contribution in [3.63, 3.8) is 0 Å². The Balaban J connectivity index is 0.00000320. The van der Waals surface area contributed by atoms with Gasteiger partial charge in [0.2, 0.25) is 5.91 Å². The summed E-state index contributed by atoms with van der Waals surface area (Å²) in [6.45, 7) is 6.08. The van der Waals surface area contributed by atoms with Gasteiger partial charge in [-0.05, 0) is 57.4 Å². The second-order valence-electron chi connectivity index (χ2n) is 9.80. The Kier molecular flexibility index (Phi) is 8.50. The number of halogens is 3. The van der Waals surface area contributed by atoms with E-state index < -0.39 is 0 Å². The van der Waals surface area contributed by atoms with Crippen LogP contribution in [0.3, 0.4) is 0 Å². The zero-order chi connectivity index (χ0) is 25.6. The van der Waals surface area contributed by atoms with E-state index in [1.54, 1.807) is 12.3 Å². The van der Waals surface area contributed by atoms with Crippen molar-refractivity contribution < 1.29 is 9.90 Å². The Hall–Kier alpha value is -2.17. The summed E-state index contributed by atoms with van der Waals surface area (Å²) in [5.74, 6) is -0.000981. The predicted octanol–water partition coefficient (Wildman–Crippen LogP) is 3.61. The number of piperidine rings is 1. The molecule has 4 atom stereocenters. The number of rotatable bonds is 6. The van der Waals surface area contributed by atoms with Crippen LogP contribution < -0.4 is 10.6 Å². The number of primary amides is 1. The third-order valence-corrected chi connectivity index (χ3v) is 8.23. The van der Waals surface area contributed by atoms with Gasteiger partial charge in [0.25, 0.3) is 0 Å². The lowest BCUT2D eigenvalue weighted by Gasteiger charge is -2.43. The first kappa shape index (κ1) is 27.9. The first-order valence-corrected chi connectivity index (χ1v) is 13.1. The van der Waals surface area contributed by atoms with Gasteiger partial charge in [-0.3, -0.25) is 9.69 Å². The first-order chi connectivity index (χ1) is 17.3. The van der Waals surface area contributed by atoms with Crippen molar-refractivity contribution >= 4 is 58.5 Å². The van der Waals surface area contributed by atoms with Gasteiger partial charge in [0.1, 0.15) is 11.3 Å². The molecular weight excluding hydrogens is 537 g/mol. The second-order valence-corrected chi connectivity index (χ2v) is 10.6. The number of benzene rings is 1. The fraction of sp³-hybridized carbons (Fsp3) is 0.520. The number of carbonyl (C=O) groups is 1. The van der Waals surface area contributed by atoms with E-state index in [-0.39, 0.29) is 49.0 Å². The van der Waals surface area contributed by atoms with E-state index in [4.69, 9.17) is 39.0 Å². The second kappa shape index (κ2) is 11.3. The molecule has 2 aromatic heterocycles.